The number of rotatable bonds is 6. The van der Waals surface area contributed by atoms with Crippen LogP contribution in [0, 0.1) is 0 Å². The van der Waals surface area contributed by atoms with Gasteiger partial charge in [-0.1, -0.05) is 17.3 Å². The molecule has 0 saturated carbocycles. The topological polar surface area (TPSA) is 117 Å². The van der Waals surface area contributed by atoms with Crippen molar-refractivity contribution in [2.24, 2.45) is 5.16 Å². The van der Waals surface area contributed by atoms with E-state index in [0.29, 0.717) is 17.7 Å². The summed E-state index contributed by atoms with van der Waals surface area (Å²) in [6.07, 6.45) is 0.918. The monoisotopic (exact) mass is 334 g/mol. The Balaban J connectivity index is 2.01. The van der Waals surface area contributed by atoms with Crippen LogP contribution in [-0.2, 0) is 16.1 Å². The molecule has 128 valence electrons. The van der Waals surface area contributed by atoms with Crippen LogP contribution in [-0.4, -0.2) is 47.9 Å². The first kappa shape index (κ1) is 17.8. The first-order valence-corrected chi connectivity index (χ1v) is 7.48. The molecule has 1 amide bonds. The number of amides is 1. The van der Waals surface area contributed by atoms with Crippen LogP contribution < -0.4 is 9.97 Å². The lowest BCUT2D eigenvalue weighted by Gasteiger charge is -2.28. The van der Waals surface area contributed by atoms with Gasteiger partial charge in [-0.05, 0) is 31.4 Å². The molecule has 0 fully saturated rings. The molecule has 0 bridgehead atoms. The van der Waals surface area contributed by atoms with E-state index in [-0.39, 0.29) is 30.1 Å². The van der Waals surface area contributed by atoms with Crippen LogP contribution in [0.4, 0.5) is 0 Å². The van der Waals surface area contributed by atoms with Crippen LogP contribution in [0.15, 0.2) is 23.4 Å². The zero-order chi connectivity index (χ0) is 17.7. The summed E-state index contributed by atoms with van der Waals surface area (Å²) >= 11 is 0. The zero-order valence-electron chi connectivity index (χ0n) is 13.5. The number of hydrogen-bond acceptors (Lipinski definition) is 6. The highest BCUT2D eigenvalue weighted by Gasteiger charge is 2.37. The van der Waals surface area contributed by atoms with E-state index in [1.165, 1.54) is 13.2 Å². The molecule has 0 saturated heterocycles. The molecule has 9 heteroatoms. The summed E-state index contributed by atoms with van der Waals surface area (Å²) in [6.45, 7) is 1.75. The molecule has 8 nitrogen and oxygen atoms in total. The molecule has 24 heavy (non-hydrogen) atoms. The number of carboxylic acids is 1. The van der Waals surface area contributed by atoms with Crippen LogP contribution in [0.3, 0.4) is 0 Å². The average Bonchev–Trinajstić information content (AvgIpc) is 2.53. The fraction of sp³-hybridized carbons (Fsp3) is 0.400. The highest BCUT2D eigenvalue weighted by molar-refractivity contribution is 6.47. The summed E-state index contributed by atoms with van der Waals surface area (Å²) in [5.74, 6) is -1.89. The van der Waals surface area contributed by atoms with Gasteiger partial charge >= 0.3 is 13.1 Å². The van der Waals surface area contributed by atoms with Crippen molar-refractivity contribution in [3.8, 4) is 5.75 Å². The van der Waals surface area contributed by atoms with E-state index in [2.05, 4.69) is 15.3 Å². The third-order valence-electron chi connectivity index (χ3n) is 3.66. The Kier molecular flexibility index (Phi) is 5.80. The van der Waals surface area contributed by atoms with Crippen LogP contribution in [0.1, 0.15) is 35.7 Å². The maximum absolute atomic E-state index is 12.0. The molecule has 2 rings (SSSR count). The number of nitrogens with one attached hydrogen (secondary N) is 1. The number of carbonyl (C=O) groups is 2. The van der Waals surface area contributed by atoms with Crippen LogP contribution >= 0.6 is 0 Å². The third-order valence-corrected chi connectivity index (χ3v) is 3.66. The van der Waals surface area contributed by atoms with Gasteiger partial charge in [0.1, 0.15) is 12.9 Å². The largest absolute Gasteiger partial charge is 0.547 e. The molecule has 1 heterocycles. The standard InChI is InChI=1S/C15H19BN2O6/c1-9(18-23-2)6-7-13(19)17-12-8-10-4-3-5-11(15(20)21)14(10)24-16(12)22/h3-5,12,22H,6-8H2,1-2H3,(H,17,19)(H,20,21)/t12-/m0/s1. The normalized spacial score (nSPS) is 16.9. The number of oxime groups is 1. The van der Waals surface area contributed by atoms with Gasteiger partial charge < -0.3 is 24.9 Å². The predicted molar refractivity (Wildman–Crippen MR) is 87.0 cm³/mol. The summed E-state index contributed by atoms with van der Waals surface area (Å²) in [5.41, 5.74) is 1.30. The summed E-state index contributed by atoms with van der Waals surface area (Å²) in [4.78, 5) is 27.8. The van der Waals surface area contributed by atoms with Crippen molar-refractivity contribution in [3.63, 3.8) is 0 Å². The molecular formula is C15H19BN2O6. The maximum atomic E-state index is 12.0. The van der Waals surface area contributed by atoms with E-state index >= 15 is 0 Å². The number of carbonyl (C=O) groups excluding carboxylic acids is 1. The minimum Gasteiger partial charge on any atom is -0.534 e. The van der Waals surface area contributed by atoms with Crippen molar-refractivity contribution in [2.75, 3.05) is 7.11 Å². The van der Waals surface area contributed by atoms with Gasteiger partial charge in [-0.15, -0.1) is 0 Å². The minimum absolute atomic E-state index is 0.0114. The second-order valence-corrected chi connectivity index (χ2v) is 5.49. The van der Waals surface area contributed by atoms with Crippen molar-refractivity contribution in [1.82, 2.24) is 5.32 Å². The number of benzene rings is 1. The Hall–Kier alpha value is -2.55. The molecule has 1 aromatic carbocycles. The highest BCUT2D eigenvalue weighted by Crippen LogP contribution is 2.30. The summed E-state index contributed by atoms with van der Waals surface area (Å²) in [5, 5.41) is 25.6. The second-order valence-electron chi connectivity index (χ2n) is 5.49. The van der Waals surface area contributed by atoms with Crippen LogP contribution in [0.25, 0.3) is 0 Å². The molecule has 1 aliphatic rings. The summed E-state index contributed by atoms with van der Waals surface area (Å²) in [6, 6.07) is 4.72. The molecule has 1 aliphatic heterocycles. The molecule has 0 unspecified atom stereocenters. The molecule has 0 radical (unpaired) electrons. The van der Waals surface area contributed by atoms with E-state index in [0.717, 1.165) is 0 Å². The van der Waals surface area contributed by atoms with Gasteiger partial charge in [-0.3, -0.25) is 4.79 Å². The first-order valence-electron chi connectivity index (χ1n) is 7.48. The summed E-state index contributed by atoms with van der Waals surface area (Å²) in [7, 11) is 0.123. The molecule has 0 aromatic heterocycles. The molecule has 0 aliphatic carbocycles. The van der Waals surface area contributed by atoms with E-state index in [1.807, 2.05) is 0 Å². The molecule has 0 spiro atoms. The number of nitrogens with zero attached hydrogens (tertiary/aromatic N) is 1. The lowest BCUT2D eigenvalue weighted by molar-refractivity contribution is -0.121. The van der Waals surface area contributed by atoms with Crippen molar-refractivity contribution < 1.29 is 29.2 Å². The summed E-state index contributed by atoms with van der Waals surface area (Å²) < 4.78 is 5.32. The van der Waals surface area contributed by atoms with Crippen molar-refractivity contribution >= 4 is 24.7 Å². The lowest BCUT2D eigenvalue weighted by atomic mass is 9.72. The number of hydrogen-bond donors (Lipinski definition) is 3. The molecular weight excluding hydrogens is 315 g/mol. The van der Waals surface area contributed by atoms with Crippen LogP contribution in [0.2, 0.25) is 0 Å². The fourth-order valence-corrected chi connectivity index (χ4v) is 2.49. The number of carboxylic acid groups (broad SMARTS) is 1. The highest BCUT2D eigenvalue weighted by atomic mass is 16.6. The quantitative estimate of drug-likeness (QED) is 0.399. The number of aromatic carboxylic acids is 1. The smallest absolute Gasteiger partial charge is 0.534 e. The second kappa shape index (κ2) is 7.82. The average molecular weight is 334 g/mol. The van der Waals surface area contributed by atoms with E-state index < -0.39 is 19.0 Å². The van der Waals surface area contributed by atoms with Gasteiger partial charge in [0.05, 0.1) is 17.2 Å². The maximum Gasteiger partial charge on any atom is 0.547 e. The van der Waals surface area contributed by atoms with Gasteiger partial charge in [0, 0.05) is 6.42 Å². The van der Waals surface area contributed by atoms with Crippen molar-refractivity contribution in [2.45, 2.75) is 32.1 Å². The minimum atomic E-state index is -1.31. The van der Waals surface area contributed by atoms with E-state index in [9.17, 15) is 14.6 Å². The van der Waals surface area contributed by atoms with E-state index in [1.54, 1.807) is 19.1 Å². The van der Waals surface area contributed by atoms with Gasteiger partial charge in [0.15, 0.2) is 0 Å². The molecule has 1 aromatic rings. The van der Waals surface area contributed by atoms with Gasteiger partial charge in [0.25, 0.3) is 0 Å². The zero-order valence-corrected chi connectivity index (χ0v) is 13.5. The fourth-order valence-electron chi connectivity index (χ4n) is 2.49. The molecule has 1 atom stereocenters. The van der Waals surface area contributed by atoms with Crippen LogP contribution in [0.5, 0.6) is 5.75 Å². The van der Waals surface area contributed by atoms with Gasteiger partial charge in [-0.25, -0.2) is 4.79 Å². The number of para-hydroxylation sites is 1. The Morgan fingerprint density at radius 1 is 1.46 bits per heavy atom. The van der Waals surface area contributed by atoms with E-state index in [4.69, 9.17) is 9.76 Å². The van der Waals surface area contributed by atoms with Gasteiger partial charge in [0.2, 0.25) is 5.91 Å². The number of fused-ring (bicyclic) bond motifs is 1. The Labute approximate surface area is 139 Å². The predicted octanol–water partition coefficient (Wildman–Crippen LogP) is 0.627. The third kappa shape index (κ3) is 4.26. The Morgan fingerprint density at radius 3 is 2.88 bits per heavy atom. The molecule has 3 N–H and O–H groups in total. The Bertz CT molecular complexity index is 663. The first-order chi connectivity index (χ1) is 11.4. The lowest BCUT2D eigenvalue weighted by Crippen LogP contribution is -2.53. The Morgan fingerprint density at radius 2 is 2.21 bits per heavy atom. The van der Waals surface area contributed by atoms with Crippen molar-refractivity contribution in [3.05, 3.63) is 29.3 Å². The SMILES string of the molecule is CON=C(C)CCC(=O)N[C@H]1Cc2cccc(C(=O)O)c2OB1O. The van der Waals surface area contributed by atoms with Crippen molar-refractivity contribution in [1.29, 1.82) is 0 Å². The van der Waals surface area contributed by atoms with Gasteiger partial charge in [-0.2, -0.15) is 0 Å².